The second-order valence-corrected chi connectivity index (χ2v) is 5.93. The summed E-state index contributed by atoms with van der Waals surface area (Å²) in [7, 11) is 0. The van der Waals surface area contributed by atoms with Gasteiger partial charge in [-0.3, -0.25) is 0 Å². The molecule has 0 unspecified atom stereocenters. The van der Waals surface area contributed by atoms with Gasteiger partial charge in [0.25, 0.3) is 0 Å². The number of nitrogens with zero attached hydrogens (tertiary/aromatic N) is 2. The minimum atomic E-state index is -0.569. The summed E-state index contributed by atoms with van der Waals surface area (Å²) in [6, 6.07) is 8.24. The van der Waals surface area contributed by atoms with Crippen LogP contribution in [0, 0.1) is 11.3 Å². The highest BCUT2D eigenvalue weighted by Crippen LogP contribution is 2.35. The van der Waals surface area contributed by atoms with Crippen LogP contribution in [0.5, 0.6) is 0 Å². The summed E-state index contributed by atoms with van der Waals surface area (Å²) in [6.07, 6.45) is 0.759. The first-order chi connectivity index (χ1) is 8.63. The van der Waals surface area contributed by atoms with Gasteiger partial charge in [0.2, 0.25) is 0 Å². The third-order valence-electron chi connectivity index (χ3n) is 3.39. The van der Waals surface area contributed by atoms with Crippen molar-refractivity contribution in [2.75, 3.05) is 23.7 Å². The first kappa shape index (κ1) is 13.3. The number of aliphatic hydroxyl groups is 1. The topological polar surface area (TPSA) is 47.3 Å². The third-order valence-corrected chi connectivity index (χ3v) is 4.32. The number of rotatable bonds is 4. The fourth-order valence-corrected chi connectivity index (χ4v) is 3.01. The Morgan fingerprint density at radius 1 is 1.44 bits per heavy atom. The molecular formula is C14H18N2OS. The maximum absolute atomic E-state index is 10.1. The normalized spacial score (nSPS) is 17.1. The van der Waals surface area contributed by atoms with E-state index in [4.69, 9.17) is 0 Å². The molecule has 3 nitrogen and oxygen atoms in total. The second-order valence-electron chi connectivity index (χ2n) is 4.63. The van der Waals surface area contributed by atoms with Gasteiger partial charge < -0.3 is 10.0 Å². The lowest BCUT2D eigenvalue weighted by Gasteiger charge is -2.47. The molecule has 1 aliphatic heterocycles. The van der Waals surface area contributed by atoms with E-state index in [0.717, 1.165) is 28.3 Å². The number of benzene rings is 1. The molecule has 0 bridgehead atoms. The van der Waals surface area contributed by atoms with Crippen molar-refractivity contribution in [3.63, 3.8) is 0 Å². The monoisotopic (exact) mass is 262 g/mol. The zero-order valence-corrected chi connectivity index (χ0v) is 11.6. The van der Waals surface area contributed by atoms with Gasteiger partial charge in [-0.25, -0.2) is 0 Å². The predicted molar refractivity (Wildman–Crippen MR) is 75.0 cm³/mol. The average Bonchev–Trinajstić information content (AvgIpc) is 2.35. The number of β-amino-alcohol motifs (C(OH)–C–C–N with tert-alkyl or cyclic N) is 1. The number of hydrogen-bond acceptors (Lipinski definition) is 4. The van der Waals surface area contributed by atoms with E-state index in [9.17, 15) is 10.4 Å². The predicted octanol–water partition coefficient (Wildman–Crippen LogP) is 2.63. The van der Waals surface area contributed by atoms with Gasteiger partial charge in [-0.2, -0.15) is 5.26 Å². The minimum Gasteiger partial charge on any atom is -0.386 e. The Balaban J connectivity index is 2.25. The molecule has 0 atom stereocenters. The van der Waals surface area contributed by atoms with Crippen LogP contribution in [0.4, 0.5) is 5.69 Å². The highest BCUT2D eigenvalue weighted by Gasteiger charge is 2.40. The molecule has 96 valence electrons. The number of nitriles is 1. The zero-order chi connectivity index (χ0) is 13.2. The van der Waals surface area contributed by atoms with Crippen LogP contribution < -0.4 is 4.90 Å². The molecule has 1 aromatic carbocycles. The van der Waals surface area contributed by atoms with Crippen LogP contribution in [0.1, 0.15) is 25.8 Å². The van der Waals surface area contributed by atoms with Crippen molar-refractivity contribution in [1.29, 1.82) is 5.26 Å². The Morgan fingerprint density at radius 3 is 2.72 bits per heavy atom. The van der Waals surface area contributed by atoms with E-state index in [2.05, 4.69) is 17.9 Å². The van der Waals surface area contributed by atoms with Gasteiger partial charge >= 0.3 is 0 Å². The zero-order valence-electron chi connectivity index (χ0n) is 10.8. The highest BCUT2D eigenvalue weighted by atomic mass is 32.2. The lowest BCUT2D eigenvalue weighted by atomic mass is 9.90. The Labute approximate surface area is 112 Å². The molecule has 0 aromatic heterocycles. The Hall–Kier alpha value is -1.18. The lowest BCUT2D eigenvalue weighted by Crippen LogP contribution is -2.61. The summed E-state index contributed by atoms with van der Waals surface area (Å²) < 4.78 is 0. The summed E-state index contributed by atoms with van der Waals surface area (Å²) in [4.78, 5) is 3.12. The molecule has 0 aliphatic carbocycles. The van der Waals surface area contributed by atoms with Crippen LogP contribution in [0.3, 0.4) is 0 Å². The van der Waals surface area contributed by atoms with Crippen LogP contribution in [-0.4, -0.2) is 29.5 Å². The van der Waals surface area contributed by atoms with Crippen molar-refractivity contribution in [3.8, 4) is 6.07 Å². The Kier molecular flexibility index (Phi) is 3.84. The second kappa shape index (κ2) is 5.21. The van der Waals surface area contributed by atoms with Crippen molar-refractivity contribution in [2.45, 2.75) is 30.8 Å². The Morgan fingerprint density at radius 2 is 2.17 bits per heavy atom. The summed E-state index contributed by atoms with van der Waals surface area (Å²) in [5.41, 5.74) is 1.12. The van der Waals surface area contributed by atoms with Gasteiger partial charge in [0, 0.05) is 18.0 Å². The average molecular weight is 262 g/mol. The lowest BCUT2D eigenvalue weighted by molar-refractivity contribution is 0.00848. The molecule has 4 heteroatoms. The van der Waals surface area contributed by atoms with Gasteiger partial charge in [0.05, 0.1) is 16.9 Å². The van der Waals surface area contributed by atoms with Crippen LogP contribution >= 0.6 is 11.8 Å². The molecule has 0 spiro atoms. The largest absolute Gasteiger partial charge is 0.386 e. The molecular weight excluding hydrogens is 244 g/mol. The molecule has 1 saturated heterocycles. The van der Waals surface area contributed by atoms with E-state index in [1.807, 2.05) is 25.1 Å². The van der Waals surface area contributed by atoms with Crippen LogP contribution in [-0.2, 0) is 0 Å². The van der Waals surface area contributed by atoms with Gasteiger partial charge in [0.15, 0.2) is 0 Å². The van der Waals surface area contributed by atoms with Gasteiger partial charge in [-0.15, -0.1) is 11.8 Å². The number of hydrogen-bond donors (Lipinski definition) is 1. The molecule has 1 aromatic rings. The molecule has 1 aliphatic rings. The molecule has 0 radical (unpaired) electrons. The number of anilines is 1. The van der Waals surface area contributed by atoms with E-state index < -0.39 is 5.60 Å². The first-order valence-corrected chi connectivity index (χ1v) is 7.25. The smallest absolute Gasteiger partial charge is 0.103 e. The van der Waals surface area contributed by atoms with Crippen LogP contribution in [0.2, 0.25) is 0 Å². The third kappa shape index (κ3) is 2.33. The number of thioether (sulfide) groups is 1. The standard InChI is InChI=1S/C14H18N2OS/c1-3-14(17)9-16(10-14)12-6-5-7-13(18-4-2)11(12)8-15/h5-7,17H,3-4,9-10H2,1-2H3. The SMILES string of the molecule is CCSc1cccc(N2CC(O)(CC)C2)c1C#N. The van der Waals surface area contributed by atoms with Crippen molar-refractivity contribution >= 4 is 17.4 Å². The van der Waals surface area contributed by atoms with Gasteiger partial charge in [-0.1, -0.05) is 19.9 Å². The van der Waals surface area contributed by atoms with E-state index in [-0.39, 0.29) is 0 Å². The van der Waals surface area contributed by atoms with Gasteiger partial charge in [-0.05, 0) is 24.3 Å². The van der Waals surface area contributed by atoms with E-state index in [1.165, 1.54) is 0 Å². The summed E-state index contributed by atoms with van der Waals surface area (Å²) in [6.45, 7) is 5.32. The van der Waals surface area contributed by atoms with Crippen molar-refractivity contribution in [3.05, 3.63) is 23.8 Å². The maximum Gasteiger partial charge on any atom is 0.103 e. The van der Waals surface area contributed by atoms with Crippen LogP contribution in [0.15, 0.2) is 23.1 Å². The van der Waals surface area contributed by atoms with E-state index >= 15 is 0 Å². The summed E-state index contributed by atoms with van der Waals surface area (Å²) in [5, 5.41) is 19.4. The molecule has 1 N–H and O–H groups in total. The molecule has 1 heterocycles. The fourth-order valence-electron chi connectivity index (χ4n) is 2.23. The minimum absolute atomic E-state index is 0.569. The molecule has 0 saturated carbocycles. The van der Waals surface area contributed by atoms with Crippen molar-refractivity contribution in [2.24, 2.45) is 0 Å². The summed E-state index contributed by atoms with van der Waals surface area (Å²) >= 11 is 1.69. The van der Waals surface area contributed by atoms with Gasteiger partial charge in [0.1, 0.15) is 6.07 Å². The van der Waals surface area contributed by atoms with Crippen molar-refractivity contribution < 1.29 is 5.11 Å². The van der Waals surface area contributed by atoms with Crippen molar-refractivity contribution in [1.82, 2.24) is 0 Å². The maximum atomic E-state index is 10.1. The molecule has 0 amide bonds. The Bertz CT molecular complexity index is 475. The summed E-state index contributed by atoms with van der Waals surface area (Å²) in [5.74, 6) is 0.955. The van der Waals surface area contributed by atoms with E-state index in [0.29, 0.717) is 13.1 Å². The molecule has 1 fully saturated rings. The fraction of sp³-hybridized carbons (Fsp3) is 0.500. The highest BCUT2D eigenvalue weighted by molar-refractivity contribution is 7.99. The molecule has 2 rings (SSSR count). The first-order valence-electron chi connectivity index (χ1n) is 6.26. The quantitative estimate of drug-likeness (QED) is 0.847. The van der Waals surface area contributed by atoms with E-state index in [1.54, 1.807) is 11.8 Å². The molecule has 18 heavy (non-hydrogen) atoms. The van der Waals surface area contributed by atoms with Crippen LogP contribution in [0.25, 0.3) is 0 Å².